The number of anilines is 1. The second-order valence-electron chi connectivity index (χ2n) is 4.21. The molecule has 88 valence electrons. The lowest BCUT2D eigenvalue weighted by atomic mass is 10.1. The third-order valence-electron chi connectivity index (χ3n) is 2.89. The van der Waals surface area contributed by atoms with Gasteiger partial charge in [0.15, 0.2) is 0 Å². The molecular weight excluding hydrogens is 210 g/mol. The molecule has 0 saturated heterocycles. The Balaban J connectivity index is 2.45. The highest BCUT2D eigenvalue weighted by Crippen LogP contribution is 2.22. The maximum absolute atomic E-state index is 5.84. The largest absolute Gasteiger partial charge is 0.384 e. The molecule has 2 aromatic rings. The summed E-state index contributed by atoms with van der Waals surface area (Å²) in [6.07, 6.45) is 1.01. The third kappa shape index (κ3) is 2.61. The molecule has 0 bridgehead atoms. The second-order valence-corrected chi connectivity index (χ2v) is 4.21. The van der Waals surface area contributed by atoms with E-state index >= 15 is 0 Å². The average Bonchev–Trinajstić information content (AvgIpc) is 2.38. The van der Waals surface area contributed by atoms with Gasteiger partial charge >= 0.3 is 0 Å². The summed E-state index contributed by atoms with van der Waals surface area (Å²) in [5.41, 5.74) is 7.81. The lowest BCUT2D eigenvalue weighted by Gasteiger charge is -2.10. The number of nitrogens with zero attached hydrogens (tertiary/aromatic N) is 2. The zero-order chi connectivity index (χ0) is 12.3. The molecule has 0 spiro atoms. The summed E-state index contributed by atoms with van der Waals surface area (Å²) in [6, 6.07) is 11.9. The predicted octanol–water partition coefficient (Wildman–Crippen LogP) is 3.24. The molecule has 2 rings (SSSR count). The van der Waals surface area contributed by atoms with E-state index in [1.54, 1.807) is 0 Å². The Bertz CT molecular complexity index is 494. The van der Waals surface area contributed by atoms with Crippen molar-refractivity contribution in [3.8, 4) is 11.3 Å². The Morgan fingerprint density at radius 1 is 1.18 bits per heavy atom. The van der Waals surface area contributed by atoms with E-state index in [-0.39, 0.29) is 0 Å². The summed E-state index contributed by atoms with van der Waals surface area (Å²) in [7, 11) is 0. The Morgan fingerprint density at radius 3 is 2.53 bits per heavy atom. The van der Waals surface area contributed by atoms with Gasteiger partial charge in [0.05, 0.1) is 5.69 Å². The van der Waals surface area contributed by atoms with Crippen molar-refractivity contribution in [1.29, 1.82) is 0 Å². The number of rotatable bonds is 3. The van der Waals surface area contributed by atoms with Crippen LogP contribution < -0.4 is 5.73 Å². The molecule has 3 nitrogen and oxygen atoms in total. The Kier molecular flexibility index (Phi) is 3.38. The van der Waals surface area contributed by atoms with Crippen molar-refractivity contribution in [2.45, 2.75) is 26.2 Å². The molecule has 17 heavy (non-hydrogen) atoms. The van der Waals surface area contributed by atoms with Crippen LogP contribution in [0.4, 0.5) is 5.82 Å². The fraction of sp³-hybridized carbons (Fsp3) is 0.286. The Hall–Kier alpha value is -1.90. The van der Waals surface area contributed by atoms with Gasteiger partial charge in [-0.25, -0.2) is 9.97 Å². The number of hydrogen-bond donors (Lipinski definition) is 1. The summed E-state index contributed by atoms with van der Waals surface area (Å²) in [4.78, 5) is 8.88. The molecule has 0 aliphatic carbocycles. The number of nitrogen functional groups attached to an aromatic ring is 1. The minimum absolute atomic E-state index is 0.334. The van der Waals surface area contributed by atoms with Crippen LogP contribution in [0.15, 0.2) is 36.4 Å². The topological polar surface area (TPSA) is 51.8 Å². The first-order valence-electron chi connectivity index (χ1n) is 5.90. The molecule has 0 saturated carbocycles. The molecule has 1 heterocycles. The first-order chi connectivity index (χ1) is 8.20. The predicted molar refractivity (Wildman–Crippen MR) is 70.6 cm³/mol. The zero-order valence-corrected chi connectivity index (χ0v) is 10.2. The molecular formula is C14H17N3. The highest BCUT2D eigenvalue weighted by Gasteiger charge is 2.09. The smallest absolute Gasteiger partial charge is 0.134 e. The van der Waals surface area contributed by atoms with E-state index in [1.807, 2.05) is 36.4 Å². The van der Waals surface area contributed by atoms with E-state index in [2.05, 4.69) is 23.8 Å². The average molecular weight is 227 g/mol. The first-order valence-corrected chi connectivity index (χ1v) is 5.90. The molecule has 1 aromatic carbocycles. The summed E-state index contributed by atoms with van der Waals surface area (Å²) >= 11 is 0. The molecule has 0 aliphatic rings. The second kappa shape index (κ2) is 4.95. The van der Waals surface area contributed by atoms with E-state index in [0.29, 0.717) is 11.7 Å². The molecule has 1 atom stereocenters. The molecule has 2 N–H and O–H groups in total. The molecule has 0 amide bonds. The van der Waals surface area contributed by atoms with E-state index in [1.165, 1.54) is 0 Å². The van der Waals surface area contributed by atoms with Gasteiger partial charge in [-0.1, -0.05) is 44.2 Å². The standard InChI is InChI=1S/C14H17N3/c1-3-10(2)14-16-12(9-13(15)17-14)11-7-5-4-6-8-11/h4-10H,3H2,1-2H3,(H2,15,16,17). The van der Waals surface area contributed by atoms with Crippen LogP contribution in [0.25, 0.3) is 11.3 Å². The molecule has 1 unspecified atom stereocenters. The van der Waals surface area contributed by atoms with Gasteiger partial charge in [0.25, 0.3) is 0 Å². The number of hydrogen-bond acceptors (Lipinski definition) is 3. The SMILES string of the molecule is CCC(C)c1nc(N)cc(-c2ccccc2)n1. The monoisotopic (exact) mass is 227 g/mol. The van der Waals surface area contributed by atoms with Gasteiger partial charge in [0.1, 0.15) is 11.6 Å². The molecule has 3 heteroatoms. The van der Waals surface area contributed by atoms with Crippen molar-refractivity contribution in [2.75, 3.05) is 5.73 Å². The van der Waals surface area contributed by atoms with Crippen molar-refractivity contribution in [3.05, 3.63) is 42.2 Å². The van der Waals surface area contributed by atoms with Crippen molar-refractivity contribution in [1.82, 2.24) is 9.97 Å². The quantitative estimate of drug-likeness (QED) is 0.875. The highest BCUT2D eigenvalue weighted by atomic mass is 14.9. The summed E-state index contributed by atoms with van der Waals surface area (Å²) in [5, 5.41) is 0. The summed E-state index contributed by atoms with van der Waals surface area (Å²) < 4.78 is 0. The van der Waals surface area contributed by atoms with Crippen molar-refractivity contribution in [2.24, 2.45) is 0 Å². The zero-order valence-electron chi connectivity index (χ0n) is 10.2. The van der Waals surface area contributed by atoms with Crippen LogP contribution in [0.5, 0.6) is 0 Å². The number of aromatic nitrogens is 2. The van der Waals surface area contributed by atoms with Gasteiger partial charge in [0, 0.05) is 17.5 Å². The van der Waals surface area contributed by atoms with Gasteiger partial charge in [-0.15, -0.1) is 0 Å². The van der Waals surface area contributed by atoms with Crippen LogP contribution in [0.2, 0.25) is 0 Å². The summed E-state index contributed by atoms with van der Waals surface area (Å²) in [6.45, 7) is 4.24. The van der Waals surface area contributed by atoms with Crippen molar-refractivity contribution >= 4 is 5.82 Å². The Morgan fingerprint density at radius 2 is 1.88 bits per heavy atom. The third-order valence-corrected chi connectivity index (χ3v) is 2.89. The highest BCUT2D eigenvalue weighted by molar-refractivity contribution is 5.61. The normalized spacial score (nSPS) is 12.4. The molecule has 0 radical (unpaired) electrons. The minimum Gasteiger partial charge on any atom is -0.384 e. The fourth-order valence-corrected chi connectivity index (χ4v) is 1.65. The van der Waals surface area contributed by atoms with Crippen LogP contribution >= 0.6 is 0 Å². The Labute approximate surface area is 102 Å². The maximum atomic E-state index is 5.84. The fourth-order valence-electron chi connectivity index (χ4n) is 1.65. The van der Waals surface area contributed by atoms with Crippen molar-refractivity contribution < 1.29 is 0 Å². The van der Waals surface area contributed by atoms with Crippen LogP contribution in [0, 0.1) is 0 Å². The number of benzene rings is 1. The van der Waals surface area contributed by atoms with Crippen LogP contribution in [-0.2, 0) is 0 Å². The minimum atomic E-state index is 0.334. The van der Waals surface area contributed by atoms with Crippen molar-refractivity contribution in [3.63, 3.8) is 0 Å². The van der Waals surface area contributed by atoms with E-state index < -0.39 is 0 Å². The van der Waals surface area contributed by atoms with E-state index in [4.69, 9.17) is 5.73 Å². The summed E-state index contributed by atoms with van der Waals surface area (Å²) in [5.74, 6) is 1.70. The van der Waals surface area contributed by atoms with Gasteiger partial charge < -0.3 is 5.73 Å². The lowest BCUT2D eigenvalue weighted by molar-refractivity contribution is 0.681. The van der Waals surface area contributed by atoms with Gasteiger partial charge in [0.2, 0.25) is 0 Å². The lowest BCUT2D eigenvalue weighted by Crippen LogP contribution is -2.04. The number of nitrogens with two attached hydrogens (primary N) is 1. The van der Waals surface area contributed by atoms with Crippen LogP contribution in [0.3, 0.4) is 0 Å². The molecule has 0 fully saturated rings. The van der Waals surface area contributed by atoms with Gasteiger partial charge in [-0.2, -0.15) is 0 Å². The van der Waals surface area contributed by atoms with E-state index in [9.17, 15) is 0 Å². The van der Waals surface area contributed by atoms with Gasteiger partial charge in [-0.05, 0) is 6.42 Å². The molecule has 0 aliphatic heterocycles. The van der Waals surface area contributed by atoms with Gasteiger partial charge in [-0.3, -0.25) is 0 Å². The van der Waals surface area contributed by atoms with E-state index in [0.717, 1.165) is 23.5 Å². The van der Waals surface area contributed by atoms with Crippen LogP contribution in [-0.4, -0.2) is 9.97 Å². The van der Waals surface area contributed by atoms with Crippen LogP contribution in [0.1, 0.15) is 32.0 Å². The molecule has 1 aromatic heterocycles. The maximum Gasteiger partial charge on any atom is 0.134 e. The first kappa shape index (κ1) is 11.6.